The summed E-state index contributed by atoms with van der Waals surface area (Å²) in [7, 11) is 0. The van der Waals surface area contributed by atoms with Crippen LogP contribution in [-0.2, 0) is 11.2 Å². The molecule has 0 saturated heterocycles. The van der Waals surface area contributed by atoms with Crippen LogP contribution < -0.4 is 5.73 Å². The van der Waals surface area contributed by atoms with Gasteiger partial charge in [0.15, 0.2) is 0 Å². The quantitative estimate of drug-likeness (QED) is 0.672. The first-order valence-corrected chi connectivity index (χ1v) is 5.25. The van der Waals surface area contributed by atoms with Gasteiger partial charge in [-0.3, -0.25) is 0 Å². The molecule has 2 nitrogen and oxygen atoms in total. The fourth-order valence-electron chi connectivity index (χ4n) is 1.31. The summed E-state index contributed by atoms with van der Waals surface area (Å²) in [5.41, 5.74) is 6.74. The molecule has 14 heavy (non-hydrogen) atoms. The molecule has 1 rings (SSSR count). The number of hydrogen-bond donors (Lipinski definition) is 1. The standard InChI is InChI=1S/C12H19NO/c13-9-5-11-14-10-4-8-12-6-2-1-3-7-12/h1-3,6-7H,4-5,8-11,13H2. The third kappa shape index (κ3) is 5.00. The summed E-state index contributed by atoms with van der Waals surface area (Å²) in [6.45, 7) is 2.36. The Kier molecular flexibility index (Phi) is 6.04. The average molecular weight is 193 g/mol. The molecule has 0 bridgehead atoms. The van der Waals surface area contributed by atoms with E-state index in [0.29, 0.717) is 0 Å². The highest BCUT2D eigenvalue weighted by atomic mass is 16.5. The molecule has 0 radical (unpaired) electrons. The zero-order chi connectivity index (χ0) is 10.1. The summed E-state index contributed by atoms with van der Waals surface area (Å²) < 4.78 is 5.42. The summed E-state index contributed by atoms with van der Waals surface area (Å²) in [6.07, 6.45) is 3.16. The lowest BCUT2D eigenvalue weighted by atomic mass is 10.1. The molecule has 0 amide bonds. The van der Waals surface area contributed by atoms with E-state index in [4.69, 9.17) is 10.5 Å². The van der Waals surface area contributed by atoms with Gasteiger partial charge in [0.25, 0.3) is 0 Å². The van der Waals surface area contributed by atoms with Crippen LogP contribution >= 0.6 is 0 Å². The van der Waals surface area contributed by atoms with Crippen molar-refractivity contribution in [1.29, 1.82) is 0 Å². The number of hydrogen-bond acceptors (Lipinski definition) is 2. The highest BCUT2D eigenvalue weighted by Crippen LogP contribution is 2.02. The smallest absolute Gasteiger partial charge is 0.0478 e. The topological polar surface area (TPSA) is 35.2 Å². The molecule has 1 aromatic carbocycles. The van der Waals surface area contributed by atoms with Crippen molar-refractivity contribution < 1.29 is 4.74 Å². The van der Waals surface area contributed by atoms with E-state index in [2.05, 4.69) is 24.3 Å². The van der Waals surface area contributed by atoms with Crippen molar-refractivity contribution in [1.82, 2.24) is 0 Å². The Balaban J connectivity index is 1.99. The molecule has 1 aromatic rings. The molecule has 78 valence electrons. The average Bonchev–Trinajstić information content (AvgIpc) is 2.25. The molecule has 0 aromatic heterocycles. The van der Waals surface area contributed by atoms with Crippen LogP contribution in [0, 0.1) is 0 Å². The largest absolute Gasteiger partial charge is 0.381 e. The van der Waals surface area contributed by atoms with E-state index in [1.165, 1.54) is 5.56 Å². The van der Waals surface area contributed by atoms with Crippen molar-refractivity contribution in [2.45, 2.75) is 19.3 Å². The Morgan fingerprint density at radius 1 is 1.00 bits per heavy atom. The second kappa shape index (κ2) is 7.54. The van der Waals surface area contributed by atoms with Gasteiger partial charge in [-0.25, -0.2) is 0 Å². The van der Waals surface area contributed by atoms with Crippen molar-refractivity contribution in [2.24, 2.45) is 5.73 Å². The maximum Gasteiger partial charge on any atom is 0.0478 e. The molecule has 0 aliphatic rings. The van der Waals surface area contributed by atoms with Gasteiger partial charge in [-0.1, -0.05) is 30.3 Å². The van der Waals surface area contributed by atoms with Crippen molar-refractivity contribution in [3.8, 4) is 0 Å². The summed E-state index contributed by atoms with van der Waals surface area (Å²) in [5, 5.41) is 0. The van der Waals surface area contributed by atoms with Crippen LogP contribution in [0.5, 0.6) is 0 Å². The lowest BCUT2D eigenvalue weighted by Gasteiger charge is -2.03. The van der Waals surface area contributed by atoms with Gasteiger partial charge in [0, 0.05) is 13.2 Å². The van der Waals surface area contributed by atoms with Gasteiger partial charge in [0.05, 0.1) is 0 Å². The van der Waals surface area contributed by atoms with Gasteiger partial charge in [-0.2, -0.15) is 0 Å². The lowest BCUT2D eigenvalue weighted by molar-refractivity contribution is 0.131. The van der Waals surface area contributed by atoms with Gasteiger partial charge < -0.3 is 10.5 Å². The molecule has 2 N–H and O–H groups in total. The van der Waals surface area contributed by atoms with Gasteiger partial charge >= 0.3 is 0 Å². The molecule has 0 unspecified atom stereocenters. The monoisotopic (exact) mass is 193 g/mol. The van der Waals surface area contributed by atoms with Crippen LogP contribution in [0.1, 0.15) is 18.4 Å². The second-order valence-electron chi connectivity index (χ2n) is 3.34. The highest BCUT2D eigenvalue weighted by molar-refractivity contribution is 5.14. The Morgan fingerprint density at radius 3 is 2.43 bits per heavy atom. The molecule has 0 spiro atoms. The van der Waals surface area contributed by atoms with Crippen LogP contribution in [-0.4, -0.2) is 19.8 Å². The molecular formula is C12H19NO. The molecule has 0 aliphatic heterocycles. The van der Waals surface area contributed by atoms with Crippen molar-refractivity contribution >= 4 is 0 Å². The molecule has 0 heterocycles. The van der Waals surface area contributed by atoms with Crippen LogP contribution in [0.3, 0.4) is 0 Å². The van der Waals surface area contributed by atoms with E-state index in [9.17, 15) is 0 Å². The van der Waals surface area contributed by atoms with Crippen LogP contribution in [0.4, 0.5) is 0 Å². The predicted octanol–water partition coefficient (Wildman–Crippen LogP) is 1.98. The van der Waals surface area contributed by atoms with E-state index in [1.807, 2.05) is 6.07 Å². The fraction of sp³-hybridized carbons (Fsp3) is 0.500. The molecule has 2 heteroatoms. The van der Waals surface area contributed by atoms with Gasteiger partial charge in [-0.05, 0) is 31.4 Å². The summed E-state index contributed by atoms with van der Waals surface area (Å²) >= 11 is 0. The number of aryl methyl sites for hydroxylation is 1. The first-order chi connectivity index (χ1) is 6.93. The Hall–Kier alpha value is -0.860. The summed E-state index contributed by atoms with van der Waals surface area (Å²) in [6, 6.07) is 10.5. The number of ether oxygens (including phenoxy) is 1. The Labute approximate surface area is 86.1 Å². The molecule has 0 fully saturated rings. The van der Waals surface area contributed by atoms with E-state index < -0.39 is 0 Å². The highest BCUT2D eigenvalue weighted by Gasteiger charge is 1.92. The van der Waals surface area contributed by atoms with Gasteiger partial charge in [0.1, 0.15) is 0 Å². The summed E-state index contributed by atoms with van der Waals surface area (Å²) in [4.78, 5) is 0. The van der Waals surface area contributed by atoms with Crippen LogP contribution in [0.2, 0.25) is 0 Å². The Bertz CT molecular complexity index is 223. The third-order valence-electron chi connectivity index (χ3n) is 2.09. The van der Waals surface area contributed by atoms with E-state index in [0.717, 1.165) is 39.0 Å². The minimum atomic E-state index is 0.721. The van der Waals surface area contributed by atoms with Crippen LogP contribution in [0.25, 0.3) is 0 Å². The predicted molar refractivity (Wildman–Crippen MR) is 59.3 cm³/mol. The zero-order valence-electron chi connectivity index (χ0n) is 8.61. The van der Waals surface area contributed by atoms with Gasteiger partial charge in [0.2, 0.25) is 0 Å². The number of benzene rings is 1. The lowest BCUT2D eigenvalue weighted by Crippen LogP contribution is -2.05. The number of nitrogens with two attached hydrogens (primary N) is 1. The maximum absolute atomic E-state index is 5.42. The van der Waals surface area contributed by atoms with E-state index in [-0.39, 0.29) is 0 Å². The maximum atomic E-state index is 5.42. The second-order valence-corrected chi connectivity index (χ2v) is 3.34. The van der Waals surface area contributed by atoms with Crippen LogP contribution in [0.15, 0.2) is 30.3 Å². The third-order valence-corrected chi connectivity index (χ3v) is 2.09. The molecule has 0 saturated carbocycles. The number of rotatable bonds is 7. The van der Waals surface area contributed by atoms with E-state index in [1.54, 1.807) is 0 Å². The fourth-order valence-corrected chi connectivity index (χ4v) is 1.31. The molecule has 0 atom stereocenters. The molecular weight excluding hydrogens is 174 g/mol. The minimum absolute atomic E-state index is 0.721. The molecule has 0 aliphatic carbocycles. The SMILES string of the molecule is NCCCOCCCc1ccccc1. The first kappa shape index (κ1) is 11.2. The van der Waals surface area contributed by atoms with E-state index >= 15 is 0 Å². The normalized spacial score (nSPS) is 10.4. The van der Waals surface area contributed by atoms with Crippen molar-refractivity contribution in [3.05, 3.63) is 35.9 Å². The Morgan fingerprint density at radius 2 is 1.71 bits per heavy atom. The minimum Gasteiger partial charge on any atom is -0.381 e. The first-order valence-electron chi connectivity index (χ1n) is 5.25. The van der Waals surface area contributed by atoms with Gasteiger partial charge in [-0.15, -0.1) is 0 Å². The zero-order valence-corrected chi connectivity index (χ0v) is 8.61. The summed E-state index contributed by atoms with van der Waals surface area (Å²) in [5.74, 6) is 0. The van der Waals surface area contributed by atoms with Crippen molar-refractivity contribution in [3.63, 3.8) is 0 Å². The van der Waals surface area contributed by atoms with Crippen molar-refractivity contribution in [2.75, 3.05) is 19.8 Å².